The van der Waals surface area contributed by atoms with Crippen LogP contribution in [0.4, 0.5) is 11.6 Å². The SMILES string of the molecule is CC1(C)C=C2Nc3ncnn3[C@H](c3ccc(N4CCOCC4)cc3)[C@H]2C(=O)C1. The third kappa shape index (κ3) is 2.90. The van der Waals surface area contributed by atoms with E-state index in [-0.39, 0.29) is 23.2 Å². The average molecular weight is 379 g/mol. The molecule has 28 heavy (non-hydrogen) atoms. The second kappa shape index (κ2) is 6.44. The monoisotopic (exact) mass is 379 g/mol. The molecule has 1 N–H and O–H groups in total. The molecule has 0 spiro atoms. The lowest BCUT2D eigenvalue weighted by Crippen LogP contribution is -2.42. The molecule has 0 unspecified atom stereocenters. The fourth-order valence-electron chi connectivity index (χ4n) is 4.61. The van der Waals surface area contributed by atoms with Crippen molar-refractivity contribution in [3.63, 3.8) is 0 Å². The number of hydrogen-bond acceptors (Lipinski definition) is 6. The Morgan fingerprint density at radius 2 is 1.93 bits per heavy atom. The Kier molecular flexibility index (Phi) is 4.01. The highest BCUT2D eigenvalue weighted by molar-refractivity contribution is 5.88. The Hall–Kier alpha value is -2.67. The Bertz CT molecular complexity index is 925. The van der Waals surface area contributed by atoms with Crippen molar-refractivity contribution >= 4 is 17.4 Å². The molecule has 7 heteroatoms. The van der Waals surface area contributed by atoms with Crippen molar-refractivity contribution in [3.05, 3.63) is 47.9 Å². The number of ether oxygens (including phenoxy) is 1. The van der Waals surface area contributed by atoms with Gasteiger partial charge < -0.3 is 15.0 Å². The van der Waals surface area contributed by atoms with Gasteiger partial charge in [0.2, 0.25) is 5.95 Å². The number of anilines is 2. The van der Waals surface area contributed by atoms with Gasteiger partial charge in [0.15, 0.2) is 0 Å². The first-order valence-corrected chi connectivity index (χ1v) is 9.86. The number of ketones is 1. The number of nitrogens with one attached hydrogen (secondary N) is 1. The minimum atomic E-state index is -0.253. The molecular formula is C21H25N5O2. The van der Waals surface area contributed by atoms with E-state index in [1.54, 1.807) is 6.33 Å². The number of morpholine rings is 1. The minimum Gasteiger partial charge on any atom is -0.378 e. The van der Waals surface area contributed by atoms with E-state index in [1.807, 2.05) is 4.68 Å². The molecule has 3 aliphatic rings. The van der Waals surface area contributed by atoms with Crippen molar-refractivity contribution in [2.24, 2.45) is 11.3 Å². The van der Waals surface area contributed by atoms with Gasteiger partial charge in [0.1, 0.15) is 12.1 Å². The molecule has 1 aliphatic carbocycles. The number of benzene rings is 1. The number of aromatic nitrogens is 3. The van der Waals surface area contributed by atoms with Crippen molar-refractivity contribution in [2.45, 2.75) is 26.3 Å². The highest BCUT2D eigenvalue weighted by Gasteiger charge is 2.44. The Morgan fingerprint density at radius 1 is 1.18 bits per heavy atom. The normalized spacial score (nSPS) is 26.1. The fourth-order valence-corrected chi connectivity index (χ4v) is 4.61. The van der Waals surface area contributed by atoms with Gasteiger partial charge in [0.05, 0.1) is 25.2 Å². The molecule has 1 aromatic carbocycles. The maximum absolute atomic E-state index is 13.1. The number of carbonyl (C=O) groups excluding carboxylic acids is 1. The van der Waals surface area contributed by atoms with Crippen LogP contribution in [-0.4, -0.2) is 46.9 Å². The van der Waals surface area contributed by atoms with Crippen LogP contribution in [0.5, 0.6) is 0 Å². The smallest absolute Gasteiger partial charge is 0.226 e. The molecule has 2 aromatic rings. The van der Waals surface area contributed by atoms with Crippen LogP contribution in [0, 0.1) is 11.3 Å². The lowest BCUT2D eigenvalue weighted by Gasteiger charge is -2.40. The third-order valence-electron chi connectivity index (χ3n) is 5.88. The summed E-state index contributed by atoms with van der Waals surface area (Å²) >= 11 is 0. The van der Waals surface area contributed by atoms with Crippen molar-refractivity contribution in [1.29, 1.82) is 0 Å². The van der Waals surface area contributed by atoms with Crippen LogP contribution in [0.2, 0.25) is 0 Å². The van der Waals surface area contributed by atoms with E-state index in [2.05, 4.69) is 64.5 Å². The second-order valence-corrected chi connectivity index (χ2v) is 8.50. The summed E-state index contributed by atoms with van der Waals surface area (Å²) in [6.07, 6.45) is 4.27. The van der Waals surface area contributed by atoms with Gasteiger partial charge >= 0.3 is 0 Å². The van der Waals surface area contributed by atoms with E-state index in [1.165, 1.54) is 5.69 Å². The number of Topliss-reactive ketones (excluding diaryl/α,β-unsaturated/α-hetero) is 1. The first-order valence-electron chi connectivity index (χ1n) is 9.86. The first-order chi connectivity index (χ1) is 13.5. The predicted molar refractivity (Wildman–Crippen MR) is 106 cm³/mol. The Morgan fingerprint density at radius 3 is 2.68 bits per heavy atom. The quantitative estimate of drug-likeness (QED) is 0.865. The number of allylic oxidation sites excluding steroid dienone is 2. The molecular weight excluding hydrogens is 354 g/mol. The van der Waals surface area contributed by atoms with Gasteiger partial charge in [-0.3, -0.25) is 4.79 Å². The predicted octanol–water partition coefficient (Wildman–Crippen LogP) is 2.63. The van der Waals surface area contributed by atoms with Gasteiger partial charge in [-0.15, -0.1) is 0 Å². The van der Waals surface area contributed by atoms with Crippen LogP contribution in [0.3, 0.4) is 0 Å². The molecule has 2 aliphatic heterocycles. The summed E-state index contributed by atoms with van der Waals surface area (Å²) in [6.45, 7) is 7.53. The Labute approximate surface area is 164 Å². The molecule has 3 heterocycles. The topological polar surface area (TPSA) is 72.3 Å². The summed E-state index contributed by atoms with van der Waals surface area (Å²) in [5.74, 6) is 0.685. The summed E-state index contributed by atoms with van der Waals surface area (Å²) in [5, 5.41) is 7.76. The van der Waals surface area contributed by atoms with Crippen LogP contribution >= 0.6 is 0 Å². The third-order valence-corrected chi connectivity index (χ3v) is 5.88. The highest BCUT2D eigenvalue weighted by atomic mass is 16.5. The maximum atomic E-state index is 13.1. The van der Waals surface area contributed by atoms with Crippen LogP contribution in [0.25, 0.3) is 0 Å². The molecule has 1 aromatic heterocycles. The number of nitrogens with zero attached hydrogens (tertiary/aromatic N) is 4. The van der Waals surface area contributed by atoms with Crippen molar-refractivity contribution in [3.8, 4) is 0 Å². The maximum Gasteiger partial charge on any atom is 0.226 e. The van der Waals surface area contributed by atoms with E-state index in [4.69, 9.17) is 4.74 Å². The Balaban J connectivity index is 1.53. The van der Waals surface area contributed by atoms with E-state index < -0.39 is 0 Å². The highest BCUT2D eigenvalue weighted by Crippen LogP contribution is 2.45. The summed E-state index contributed by atoms with van der Waals surface area (Å²) < 4.78 is 7.30. The molecule has 1 fully saturated rings. The van der Waals surface area contributed by atoms with Crippen molar-refractivity contribution < 1.29 is 9.53 Å². The average Bonchev–Trinajstić information content (AvgIpc) is 3.14. The minimum absolute atomic E-state index is 0.150. The second-order valence-electron chi connectivity index (χ2n) is 8.50. The zero-order valence-electron chi connectivity index (χ0n) is 16.3. The molecule has 7 nitrogen and oxygen atoms in total. The lowest BCUT2D eigenvalue weighted by atomic mass is 9.72. The van der Waals surface area contributed by atoms with Gasteiger partial charge in [-0.1, -0.05) is 32.1 Å². The number of fused-ring (bicyclic) bond motifs is 2. The summed E-state index contributed by atoms with van der Waals surface area (Å²) in [6, 6.07) is 8.35. The molecule has 0 amide bonds. The zero-order valence-corrected chi connectivity index (χ0v) is 16.3. The van der Waals surface area contributed by atoms with E-state index >= 15 is 0 Å². The van der Waals surface area contributed by atoms with Gasteiger partial charge in [-0.2, -0.15) is 10.1 Å². The van der Waals surface area contributed by atoms with Gasteiger partial charge in [-0.25, -0.2) is 4.68 Å². The van der Waals surface area contributed by atoms with Crippen LogP contribution < -0.4 is 10.2 Å². The molecule has 0 saturated carbocycles. The van der Waals surface area contributed by atoms with Crippen LogP contribution in [0.15, 0.2) is 42.4 Å². The lowest BCUT2D eigenvalue weighted by molar-refractivity contribution is -0.125. The number of carbonyl (C=O) groups is 1. The van der Waals surface area contributed by atoms with Crippen molar-refractivity contribution in [2.75, 3.05) is 36.5 Å². The fraction of sp³-hybridized carbons (Fsp3) is 0.476. The largest absolute Gasteiger partial charge is 0.378 e. The van der Waals surface area contributed by atoms with E-state index in [0.29, 0.717) is 12.4 Å². The number of rotatable bonds is 2. The van der Waals surface area contributed by atoms with E-state index in [0.717, 1.165) is 37.6 Å². The first kappa shape index (κ1) is 17.4. The molecule has 2 atom stereocenters. The summed E-state index contributed by atoms with van der Waals surface area (Å²) in [5.41, 5.74) is 3.06. The summed E-state index contributed by atoms with van der Waals surface area (Å²) in [4.78, 5) is 19.8. The van der Waals surface area contributed by atoms with Crippen molar-refractivity contribution in [1.82, 2.24) is 14.8 Å². The number of hydrogen-bond donors (Lipinski definition) is 1. The molecule has 5 rings (SSSR count). The molecule has 1 saturated heterocycles. The van der Waals surface area contributed by atoms with Gasteiger partial charge in [0, 0.05) is 30.9 Å². The zero-order chi connectivity index (χ0) is 19.3. The standard InChI is InChI=1S/C21H25N5O2/c1-21(2)11-16-18(17(27)12-21)19(26-20(24-16)22-13-23-26)14-3-5-15(6-4-14)25-7-9-28-10-8-25/h3-6,11,13,18-19H,7-10,12H2,1-2H3,(H,22,23,24)/t18-,19-/m1/s1. The van der Waals surface area contributed by atoms with E-state index in [9.17, 15) is 4.79 Å². The molecule has 146 valence electrons. The molecule has 0 bridgehead atoms. The summed E-state index contributed by atoms with van der Waals surface area (Å²) in [7, 11) is 0. The van der Waals surface area contributed by atoms with Crippen LogP contribution in [-0.2, 0) is 9.53 Å². The van der Waals surface area contributed by atoms with Crippen LogP contribution in [0.1, 0.15) is 31.9 Å². The van der Waals surface area contributed by atoms with Gasteiger partial charge in [0.25, 0.3) is 0 Å². The molecule has 0 radical (unpaired) electrons. The van der Waals surface area contributed by atoms with Gasteiger partial charge in [-0.05, 0) is 23.1 Å².